The molecular formula is C20H30N4O3. The number of nitro benzene ring substituents is 1. The molecule has 0 spiro atoms. The number of nitrogens with one attached hydrogen (secondary N) is 1. The van der Waals surface area contributed by atoms with Crippen molar-refractivity contribution in [3.63, 3.8) is 0 Å². The lowest BCUT2D eigenvalue weighted by atomic mass is 10.0. The molecule has 0 aliphatic carbocycles. The smallest absolute Gasteiger partial charge is 0.270 e. The first kappa shape index (κ1) is 19.6. The zero-order chi connectivity index (χ0) is 19.2. The third kappa shape index (κ3) is 4.97. The number of rotatable bonds is 6. The van der Waals surface area contributed by atoms with E-state index in [4.69, 9.17) is 0 Å². The van der Waals surface area contributed by atoms with Gasteiger partial charge in [-0.15, -0.1) is 0 Å². The van der Waals surface area contributed by atoms with Gasteiger partial charge in [0.15, 0.2) is 0 Å². The summed E-state index contributed by atoms with van der Waals surface area (Å²) >= 11 is 0. The van der Waals surface area contributed by atoms with Crippen molar-refractivity contribution in [2.45, 2.75) is 51.5 Å². The maximum Gasteiger partial charge on any atom is 0.270 e. The van der Waals surface area contributed by atoms with Crippen LogP contribution in [0, 0.1) is 10.1 Å². The van der Waals surface area contributed by atoms with Gasteiger partial charge in [0.25, 0.3) is 11.6 Å². The van der Waals surface area contributed by atoms with Crippen LogP contribution in [0.2, 0.25) is 0 Å². The maximum atomic E-state index is 13.0. The van der Waals surface area contributed by atoms with E-state index in [2.05, 4.69) is 22.0 Å². The molecule has 0 unspecified atom stereocenters. The highest BCUT2D eigenvalue weighted by atomic mass is 16.6. The Balaban J connectivity index is 1.73. The van der Waals surface area contributed by atoms with Crippen LogP contribution in [0.15, 0.2) is 18.2 Å². The zero-order valence-corrected chi connectivity index (χ0v) is 16.2. The largest absolute Gasteiger partial charge is 0.371 e. The van der Waals surface area contributed by atoms with E-state index in [-0.39, 0.29) is 17.6 Å². The molecule has 0 saturated carbocycles. The molecular weight excluding hydrogens is 344 g/mol. The molecule has 1 amide bonds. The zero-order valence-electron chi connectivity index (χ0n) is 16.2. The van der Waals surface area contributed by atoms with E-state index in [9.17, 15) is 14.9 Å². The number of nitro groups is 1. The van der Waals surface area contributed by atoms with Crippen molar-refractivity contribution in [1.29, 1.82) is 0 Å². The van der Waals surface area contributed by atoms with Gasteiger partial charge in [0.05, 0.1) is 16.2 Å². The number of likely N-dealkylation sites (tertiary alicyclic amines) is 1. The standard InChI is InChI=1S/C20H30N4O3/c1-2-10-22-13-8-16(9-14-22)21-20(25)18-15-17(24(26)27)6-7-19(18)23-11-4-3-5-12-23/h6-7,15-16H,2-5,8-14H2,1H3,(H,21,25). The van der Waals surface area contributed by atoms with E-state index >= 15 is 0 Å². The van der Waals surface area contributed by atoms with Crippen molar-refractivity contribution in [1.82, 2.24) is 10.2 Å². The van der Waals surface area contributed by atoms with Crippen LogP contribution >= 0.6 is 0 Å². The van der Waals surface area contributed by atoms with E-state index in [0.29, 0.717) is 5.56 Å². The number of nitrogens with zero attached hydrogens (tertiary/aromatic N) is 3. The molecule has 0 atom stereocenters. The predicted octanol–water partition coefficient (Wildman–Crippen LogP) is 3.19. The van der Waals surface area contributed by atoms with Gasteiger partial charge in [0, 0.05) is 44.4 Å². The minimum Gasteiger partial charge on any atom is -0.371 e. The van der Waals surface area contributed by atoms with Crippen molar-refractivity contribution in [3.8, 4) is 0 Å². The summed E-state index contributed by atoms with van der Waals surface area (Å²) in [7, 11) is 0. The van der Waals surface area contributed by atoms with Gasteiger partial charge in [-0.3, -0.25) is 14.9 Å². The predicted molar refractivity (Wildman–Crippen MR) is 106 cm³/mol. The Labute approximate surface area is 160 Å². The number of piperidine rings is 2. The van der Waals surface area contributed by atoms with Crippen molar-refractivity contribution in [3.05, 3.63) is 33.9 Å². The molecule has 148 valence electrons. The van der Waals surface area contributed by atoms with Crippen molar-refractivity contribution >= 4 is 17.3 Å². The molecule has 3 rings (SSSR count). The first-order valence-electron chi connectivity index (χ1n) is 10.1. The molecule has 27 heavy (non-hydrogen) atoms. The van der Waals surface area contributed by atoms with E-state index in [1.807, 2.05) is 0 Å². The van der Waals surface area contributed by atoms with Crippen LogP contribution < -0.4 is 10.2 Å². The molecule has 2 saturated heterocycles. The van der Waals surface area contributed by atoms with Gasteiger partial charge in [-0.05, 0) is 51.1 Å². The number of carbonyl (C=O) groups excluding carboxylic acids is 1. The lowest BCUT2D eigenvalue weighted by Gasteiger charge is -2.33. The number of non-ortho nitro benzene ring substituents is 1. The quantitative estimate of drug-likeness (QED) is 0.611. The second-order valence-corrected chi connectivity index (χ2v) is 7.60. The van der Waals surface area contributed by atoms with Gasteiger partial charge in [0.2, 0.25) is 0 Å². The Morgan fingerprint density at radius 2 is 1.89 bits per heavy atom. The molecule has 0 bridgehead atoms. The minimum absolute atomic E-state index is 0.0290. The summed E-state index contributed by atoms with van der Waals surface area (Å²) in [5.74, 6) is -0.187. The highest BCUT2D eigenvalue weighted by Crippen LogP contribution is 2.28. The van der Waals surface area contributed by atoms with Gasteiger partial charge in [-0.25, -0.2) is 0 Å². The van der Waals surface area contributed by atoms with Crippen LogP contribution in [-0.4, -0.2) is 54.5 Å². The van der Waals surface area contributed by atoms with Gasteiger partial charge in [-0.1, -0.05) is 6.92 Å². The second kappa shape index (κ2) is 9.17. The SMILES string of the molecule is CCCN1CCC(NC(=O)c2cc([N+](=O)[O-])ccc2N2CCCCC2)CC1. The average Bonchev–Trinajstić information content (AvgIpc) is 2.70. The molecule has 0 radical (unpaired) electrons. The first-order valence-corrected chi connectivity index (χ1v) is 10.1. The van der Waals surface area contributed by atoms with Crippen LogP contribution in [0.4, 0.5) is 11.4 Å². The average molecular weight is 374 g/mol. The van der Waals surface area contributed by atoms with Gasteiger partial charge < -0.3 is 15.1 Å². The fourth-order valence-electron chi connectivity index (χ4n) is 4.11. The van der Waals surface area contributed by atoms with E-state index in [1.165, 1.54) is 18.6 Å². The summed E-state index contributed by atoms with van der Waals surface area (Å²) < 4.78 is 0. The summed E-state index contributed by atoms with van der Waals surface area (Å²) in [4.78, 5) is 28.4. The van der Waals surface area contributed by atoms with Crippen molar-refractivity contribution in [2.24, 2.45) is 0 Å². The van der Waals surface area contributed by atoms with E-state index in [0.717, 1.165) is 70.5 Å². The summed E-state index contributed by atoms with van der Waals surface area (Å²) in [5.41, 5.74) is 1.22. The monoisotopic (exact) mass is 374 g/mol. The van der Waals surface area contributed by atoms with E-state index < -0.39 is 4.92 Å². The topological polar surface area (TPSA) is 78.7 Å². The molecule has 7 nitrogen and oxygen atoms in total. The highest BCUT2D eigenvalue weighted by Gasteiger charge is 2.25. The fraction of sp³-hybridized carbons (Fsp3) is 0.650. The Hall–Kier alpha value is -2.15. The Morgan fingerprint density at radius 3 is 2.52 bits per heavy atom. The van der Waals surface area contributed by atoms with Crippen LogP contribution in [-0.2, 0) is 0 Å². The number of carbonyl (C=O) groups is 1. The Kier molecular flexibility index (Phi) is 6.66. The van der Waals surface area contributed by atoms with Crippen molar-refractivity contribution in [2.75, 3.05) is 37.6 Å². The summed E-state index contributed by atoms with van der Waals surface area (Å²) in [6.45, 7) is 7.06. The van der Waals surface area contributed by atoms with Crippen LogP contribution in [0.1, 0.15) is 55.8 Å². The lowest BCUT2D eigenvalue weighted by molar-refractivity contribution is -0.384. The molecule has 2 aliphatic heterocycles. The Morgan fingerprint density at radius 1 is 1.19 bits per heavy atom. The number of benzene rings is 1. The third-order valence-electron chi connectivity index (χ3n) is 5.59. The Bertz CT molecular complexity index is 665. The van der Waals surface area contributed by atoms with Gasteiger partial charge >= 0.3 is 0 Å². The third-order valence-corrected chi connectivity index (χ3v) is 5.59. The molecule has 0 aromatic heterocycles. The van der Waals surface area contributed by atoms with Crippen LogP contribution in [0.25, 0.3) is 0 Å². The minimum atomic E-state index is -0.431. The summed E-state index contributed by atoms with van der Waals surface area (Å²) in [6, 6.07) is 4.82. The molecule has 2 fully saturated rings. The van der Waals surface area contributed by atoms with Gasteiger partial charge in [0.1, 0.15) is 0 Å². The lowest BCUT2D eigenvalue weighted by Crippen LogP contribution is -2.45. The highest BCUT2D eigenvalue weighted by molar-refractivity contribution is 6.00. The van der Waals surface area contributed by atoms with Crippen molar-refractivity contribution < 1.29 is 9.72 Å². The molecule has 2 heterocycles. The molecule has 1 aromatic rings. The van der Waals surface area contributed by atoms with Gasteiger partial charge in [-0.2, -0.15) is 0 Å². The van der Waals surface area contributed by atoms with Crippen LogP contribution in [0.3, 0.4) is 0 Å². The molecule has 1 aromatic carbocycles. The normalized spacial score (nSPS) is 19.1. The van der Waals surface area contributed by atoms with Crippen LogP contribution in [0.5, 0.6) is 0 Å². The number of amides is 1. The second-order valence-electron chi connectivity index (χ2n) is 7.60. The molecule has 2 aliphatic rings. The summed E-state index contributed by atoms with van der Waals surface area (Å²) in [5, 5.41) is 14.3. The fourth-order valence-corrected chi connectivity index (χ4v) is 4.11. The first-order chi connectivity index (χ1) is 13.1. The van der Waals surface area contributed by atoms with E-state index in [1.54, 1.807) is 6.07 Å². The number of hydrogen-bond acceptors (Lipinski definition) is 5. The summed E-state index contributed by atoms with van der Waals surface area (Å²) in [6.07, 6.45) is 6.38. The maximum absolute atomic E-state index is 13.0. The number of hydrogen-bond donors (Lipinski definition) is 1. The molecule has 7 heteroatoms. The number of anilines is 1. The molecule has 1 N–H and O–H groups in total.